The van der Waals surface area contributed by atoms with Crippen molar-refractivity contribution in [1.82, 2.24) is 4.90 Å². The zero-order valence-electron chi connectivity index (χ0n) is 11.3. The molecule has 2 atom stereocenters. The molecule has 0 aromatic heterocycles. The SMILES string of the molecule is CC1CN(C(=O)OC(C)(C)C)CC(CN=[N+]=[N-])O1. The summed E-state index contributed by atoms with van der Waals surface area (Å²) in [6.07, 6.45) is -0.717. The molecule has 0 aliphatic carbocycles. The molecule has 0 radical (unpaired) electrons. The maximum Gasteiger partial charge on any atom is 0.410 e. The molecule has 1 heterocycles. The van der Waals surface area contributed by atoms with Crippen molar-refractivity contribution in [1.29, 1.82) is 0 Å². The molecule has 1 aliphatic heterocycles. The molecule has 1 fully saturated rings. The highest BCUT2D eigenvalue weighted by Gasteiger charge is 2.30. The van der Waals surface area contributed by atoms with Gasteiger partial charge in [0.05, 0.1) is 31.8 Å². The lowest BCUT2D eigenvalue weighted by Crippen LogP contribution is -2.51. The number of nitrogens with zero attached hydrogens (tertiary/aromatic N) is 4. The van der Waals surface area contributed by atoms with E-state index in [2.05, 4.69) is 10.0 Å². The molecule has 7 heteroatoms. The summed E-state index contributed by atoms with van der Waals surface area (Å²) in [6, 6.07) is 0. The molecular weight excluding hydrogens is 236 g/mol. The van der Waals surface area contributed by atoms with Gasteiger partial charge in [0.15, 0.2) is 0 Å². The van der Waals surface area contributed by atoms with Crippen LogP contribution in [0.15, 0.2) is 5.11 Å². The number of amides is 1. The van der Waals surface area contributed by atoms with Gasteiger partial charge in [0.1, 0.15) is 5.60 Å². The van der Waals surface area contributed by atoms with Crippen LogP contribution in [0.5, 0.6) is 0 Å². The average Bonchev–Trinajstić information content (AvgIpc) is 2.23. The van der Waals surface area contributed by atoms with E-state index in [4.69, 9.17) is 15.0 Å². The van der Waals surface area contributed by atoms with E-state index in [9.17, 15) is 4.79 Å². The van der Waals surface area contributed by atoms with Crippen LogP contribution in [-0.4, -0.2) is 48.4 Å². The lowest BCUT2D eigenvalue weighted by atomic mass is 10.2. The van der Waals surface area contributed by atoms with Crippen molar-refractivity contribution in [3.05, 3.63) is 10.4 Å². The van der Waals surface area contributed by atoms with Crippen molar-refractivity contribution in [3.63, 3.8) is 0 Å². The largest absolute Gasteiger partial charge is 0.444 e. The second kappa shape index (κ2) is 5.93. The van der Waals surface area contributed by atoms with Gasteiger partial charge in [-0.05, 0) is 33.2 Å². The van der Waals surface area contributed by atoms with Gasteiger partial charge in [-0.25, -0.2) is 4.79 Å². The molecule has 0 bridgehead atoms. The molecule has 2 unspecified atom stereocenters. The second-order valence-corrected chi connectivity index (χ2v) is 5.37. The lowest BCUT2D eigenvalue weighted by Gasteiger charge is -2.37. The highest BCUT2D eigenvalue weighted by Crippen LogP contribution is 2.16. The van der Waals surface area contributed by atoms with E-state index in [1.54, 1.807) is 4.90 Å². The Morgan fingerprint density at radius 2 is 2.22 bits per heavy atom. The first kappa shape index (κ1) is 14.6. The number of rotatable bonds is 2. The summed E-state index contributed by atoms with van der Waals surface area (Å²) < 4.78 is 10.9. The summed E-state index contributed by atoms with van der Waals surface area (Å²) in [5, 5.41) is 3.48. The summed E-state index contributed by atoms with van der Waals surface area (Å²) >= 11 is 0. The minimum absolute atomic E-state index is 0.0924. The van der Waals surface area contributed by atoms with E-state index in [1.807, 2.05) is 27.7 Å². The quantitative estimate of drug-likeness (QED) is 0.431. The summed E-state index contributed by atoms with van der Waals surface area (Å²) in [5.74, 6) is 0. The van der Waals surface area contributed by atoms with Gasteiger partial charge in [-0.2, -0.15) is 0 Å². The van der Waals surface area contributed by atoms with E-state index >= 15 is 0 Å². The number of carbonyl (C=O) groups excluding carboxylic acids is 1. The molecule has 1 amide bonds. The van der Waals surface area contributed by atoms with Crippen LogP contribution in [-0.2, 0) is 9.47 Å². The smallest absolute Gasteiger partial charge is 0.410 e. The predicted molar refractivity (Wildman–Crippen MR) is 66.2 cm³/mol. The van der Waals surface area contributed by atoms with Gasteiger partial charge in [-0.1, -0.05) is 5.11 Å². The number of carbonyl (C=O) groups is 1. The molecule has 0 aromatic carbocycles. The van der Waals surface area contributed by atoms with Gasteiger partial charge in [-0.15, -0.1) is 0 Å². The number of morpholine rings is 1. The summed E-state index contributed by atoms with van der Waals surface area (Å²) in [5.41, 5.74) is 7.77. The van der Waals surface area contributed by atoms with Crippen molar-refractivity contribution in [2.45, 2.75) is 45.5 Å². The lowest BCUT2D eigenvalue weighted by molar-refractivity contribution is -0.0757. The van der Waals surface area contributed by atoms with Crippen LogP contribution in [0.25, 0.3) is 10.4 Å². The van der Waals surface area contributed by atoms with Gasteiger partial charge in [0.25, 0.3) is 0 Å². The van der Waals surface area contributed by atoms with E-state index in [1.165, 1.54) is 0 Å². The molecule has 1 aliphatic rings. The Bertz CT molecular complexity index is 347. The van der Waals surface area contributed by atoms with Gasteiger partial charge in [0.2, 0.25) is 0 Å². The monoisotopic (exact) mass is 256 g/mol. The molecule has 0 spiro atoms. The van der Waals surface area contributed by atoms with E-state index in [0.717, 1.165) is 0 Å². The molecule has 1 saturated heterocycles. The highest BCUT2D eigenvalue weighted by atomic mass is 16.6. The van der Waals surface area contributed by atoms with Gasteiger partial charge < -0.3 is 14.4 Å². The van der Waals surface area contributed by atoms with Crippen LogP contribution < -0.4 is 0 Å². The Morgan fingerprint density at radius 3 is 2.78 bits per heavy atom. The summed E-state index contributed by atoms with van der Waals surface area (Å²) in [7, 11) is 0. The van der Waals surface area contributed by atoms with Crippen molar-refractivity contribution in [3.8, 4) is 0 Å². The molecule has 0 saturated carbocycles. The average molecular weight is 256 g/mol. The third-order valence-electron chi connectivity index (χ3n) is 2.33. The minimum atomic E-state index is -0.515. The summed E-state index contributed by atoms with van der Waals surface area (Å²) in [4.78, 5) is 16.2. The fourth-order valence-corrected chi connectivity index (χ4v) is 1.75. The standard InChI is InChI=1S/C11H20N4O3/c1-8-6-15(10(16)18-11(2,3)4)7-9(17-8)5-13-14-12/h8-9H,5-7H2,1-4H3. The number of azide groups is 1. The van der Waals surface area contributed by atoms with Crippen molar-refractivity contribution < 1.29 is 14.3 Å². The third-order valence-corrected chi connectivity index (χ3v) is 2.33. The highest BCUT2D eigenvalue weighted by molar-refractivity contribution is 5.68. The number of hydrogen-bond donors (Lipinski definition) is 0. The predicted octanol–water partition coefficient (Wildman–Crippen LogP) is 2.32. The minimum Gasteiger partial charge on any atom is -0.444 e. The van der Waals surface area contributed by atoms with Gasteiger partial charge in [0, 0.05) is 4.91 Å². The van der Waals surface area contributed by atoms with E-state index < -0.39 is 5.60 Å². The fourth-order valence-electron chi connectivity index (χ4n) is 1.75. The molecule has 0 N–H and O–H groups in total. The van der Waals surface area contributed by atoms with Crippen LogP contribution in [0.2, 0.25) is 0 Å². The Morgan fingerprint density at radius 1 is 1.56 bits per heavy atom. The van der Waals surface area contributed by atoms with Crippen LogP contribution in [0.1, 0.15) is 27.7 Å². The topological polar surface area (TPSA) is 87.5 Å². The number of hydrogen-bond acceptors (Lipinski definition) is 4. The van der Waals surface area contributed by atoms with Gasteiger partial charge >= 0.3 is 6.09 Å². The Balaban J connectivity index is 2.59. The molecule has 7 nitrogen and oxygen atoms in total. The Kier molecular flexibility index (Phi) is 4.81. The first-order valence-corrected chi connectivity index (χ1v) is 5.96. The maximum absolute atomic E-state index is 11.9. The zero-order valence-corrected chi connectivity index (χ0v) is 11.3. The molecule has 0 aromatic rings. The Hall–Kier alpha value is -1.46. The van der Waals surface area contributed by atoms with Crippen LogP contribution in [0, 0.1) is 0 Å². The van der Waals surface area contributed by atoms with Crippen LogP contribution in [0.3, 0.4) is 0 Å². The van der Waals surface area contributed by atoms with Crippen molar-refractivity contribution in [2.75, 3.05) is 19.6 Å². The fraction of sp³-hybridized carbons (Fsp3) is 0.909. The molecule has 1 rings (SSSR count). The van der Waals surface area contributed by atoms with Crippen LogP contribution in [0.4, 0.5) is 4.79 Å². The third kappa shape index (κ3) is 4.81. The maximum atomic E-state index is 11.9. The summed E-state index contributed by atoms with van der Waals surface area (Å²) in [6.45, 7) is 8.45. The van der Waals surface area contributed by atoms with E-state index in [-0.39, 0.29) is 24.8 Å². The molecular formula is C11H20N4O3. The van der Waals surface area contributed by atoms with Crippen molar-refractivity contribution in [2.24, 2.45) is 5.11 Å². The van der Waals surface area contributed by atoms with Gasteiger partial charge in [-0.3, -0.25) is 0 Å². The van der Waals surface area contributed by atoms with Crippen molar-refractivity contribution >= 4 is 6.09 Å². The first-order valence-electron chi connectivity index (χ1n) is 5.96. The molecule has 18 heavy (non-hydrogen) atoms. The number of ether oxygens (including phenoxy) is 2. The molecule has 102 valence electrons. The zero-order chi connectivity index (χ0) is 13.8. The Labute approximate surface area is 107 Å². The second-order valence-electron chi connectivity index (χ2n) is 5.37. The van der Waals surface area contributed by atoms with E-state index in [0.29, 0.717) is 13.1 Å². The normalized spacial score (nSPS) is 24.3. The van der Waals surface area contributed by atoms with Crippen LogP contribution >= 0.6 is 0 Å². The first-order chi connectivity index (χ1) is 8.31.